The minimum absolute atomic E-state index is 0.344. The molecule has 1 aromatic heterocycles. The fourth-order valence-corrected chi connectivity index (χ4v) is 2.00. The van der Waals surface area contributed by atoms with E-state index in [-0.39, 0.29) is 0 Å². The average molecular weight is 304 g/mol. The van der Waals surface area contributed by atoms with Crippen molar-refractivity contribution in [1.29, 1.82) is 0 Å². The van der Waals surface area contributed by atoms with Crippen LogP contribution < -0.4 is 8.27 Å². The van der Waals surface area contributed by atoms with E-state index in [1.54, 1.807) is 6.20 Å². The van der Waals surface area contributed by atoms with Crippen LogP contribution in [-0.2, 0) is 0 Å². The minimum atomic E-state index is 0.344. The van der Waals surface area contributed by atoms with Gasteiger partial charge < -0.3 is 4.74 Å². The van der Waals surface area contributed by atoms with Crippen LogP contribution in [0.25, 0.3) is 0 Å². The summed E-state index contributed by atoms with van der Waals surface area (Å²) in [5.74, 6) is 0.752. The average Bonchev–Trinajstić information content (AvgIpc) is 2.10. The van der Waals surface area contributed by atoms with Crippen LogP contribution in [0.15, 0.2) is 18.3 Å². The van der Waals surface area contributed by atoms with Crippen LogP contribution in [0, 0.1) is 6.92 Å². The van der Waals surface area contributed by atoms with Crippen molar-refractivity contribution in [3.05, 3.63) is 23.9 Å². The summed E-state index contributed by atoms with van der Waals surface area (Å²) in [6.07, 6.45) is 4.30. The molecule has 1 saturated carbocycles. The van der Waals surface area contributed by atoms with Gasteiger partial charge in [-0.3, -0.25) is 3.53 Å². The number of aryl methyl sites for hydroxylation is 1. The quantitative estimate of drug-likeness (QED) is 0.687. The van der Waals surface area contributed by atoms with Crippen molar-refractivity contribution >= 4 is 22.9 Å². The van der Waals surface area contributed by atoms with Gasteiger partial charge >= 0.3 is 0 Å². The molecule has 1 aromatic rings. The van der Waals surface area contributed by atoms with Crippen LogP contribution in [0.4, 0.5) is 0 Å². The molecule has 1 fully saturated rings. The standard InChI is InChI=1S/C10H13IN2O/c1-7-2-3-12-10(4-7)14-9-5-8(6-9)13-11/h2-4,8-9,13H,5-6H2,1H3. The Balaban J connectivity index is 1.87. The number of hydrogen-bond donors (Lipinski definition) is 1. The van der Waals surface area contributed by atoms with E-state index in [4.69, 9.17) is 4.74 Å². The summed E-state index contributed by atoms with van der Waals surface area (Å²) in [4.78, 5) is 4.17. The number of rotatable bonds is 3. The van der Waals surface area contributed by atoms with Crippen molar-refractivity contribution in [3.8, 4) is 5.88 Å². The second-order valence-corrected chi connectivity index (χ2v) is 4.31. The molecule has 0 atom stereocenters. The van der Waals surface area contributed by atoms with Crippen LogP contribution in [-0.4, -0.2) is 17.1 Å². The van der Waals surface area contributed by atoms with Crippen molar-refractivity contribution in [2.45, 2.75) is 31.9 Å². The second-order valence-electron chi connectivity index (χ2n) is 3.69. The number of hydrogen-bond acceptors (Lipinski definition) is 3. The predicted octanol–water partition coefficient (Wildman–Crippen LogP) is 2.24. The summed E-state index contributed by atoms with van der Waals surface area (Å²) in [7, 11) is 0. The van der Waals surface area contributed by atoms with Gasteiger partial charge in [0, 0.05) is 54.0 Å². The van der Waals surface area contributed by atoms with Gasteiger partial charge in [-0.1, -0.05) is 0 Å². The summed E-state index contributed by atoms with van der Waals surface area (Å²) in [5, 5.41) is 0. The maximum atomic E-state index is 5.71. The zero-order valence-corrected chi connectivity index (χ0v) is 10.2. The first-order valence-corrected chi connectivity index (χ1v) is 5.81. The molecule has 1 heterocycles. The van der Waals surface area contributed by atoms with Crippen molar-refractivity contribution < 1.29 is 4.74 Å². The normalized spacial score (nSPS) is 25.6. The molecule has 0 spiro atoms. The Morgan fingerprint density at radius 3 is 3.00 bits per heavy atom. The highest BCUT2D eigenvalue weighted by atomic mass is 127. The van der Waals surface area contributed by atoms with E-state index < -0.39 is 0 Å². The number of pyridine rings is 1. The summed E-state index contributed by atoms with van der Waals surface area (Å²) in [6.45, 7) is 2.05. The molecule has 2 rings (SSSR count). The summed E-state index contributed by atoms with van der Waals surface area (Å²) in [6, 6.07) is 4.57. The molecular formula is C10H13IN2O. The molecule has 0 bridgehead atoms. The van der Waals surface area contributed by atoms with Crippen LogP contribution in [0.3, 0.4) is 0 Å². The Bertz CT molecular complexity index is 313. The van der Waals surface area contributed by atoms with Gasteiger partial charge in [0.05, 0.1) is 0 Å². The molecule has 3 nitrogen and oxygen atoms in total. The predicted molar refractivity (Wildman–Crippen MR) is 63.6 cm³/mol. The summed E-state index contributed by atoms with van der Waals surface area (Å²) >= 11 is 2.19. The van der Waals surface area contributed by atoms with Crippen LogP contribution in [0.5, 0.6) is 5.88 Å². The maximum absolute atomic E-state index is 5.71. The van der Waals surface area contributed by atoms with Crippen LogP contribution in [0.1, 0.15) is 18.4 Å². The molecule has 0 amide bonds. The van der Waals surface area contributed by atoms with Crippen LogP contribution in [0.2, 0.25) is 0 Å². The first kappa shape index (κ1) is 10.2. The lowest BCUT2D eigenvalue weighted by molar-refractivity contribution is 0.0924. The van der Waals surface area contributed by atoms with E-state index in [0.717, 1.165) is 18.7 Å². The lowest BCUT2D eigenvalue weighted by Gasteiger charge is -2.33. The number of nitrogens with one attached hydrogen (secondary N) is 1. The zero-order valence-electron chi connectivity index (χ0n) is 8.03. The monoisotopic (exact) mass is 304 g/mol. The van der Waals surface area contributed by atoms with Crippen molar-refractivity contribution in [3.63, 3.8) is 0 Å². The molecule has 14 heavy (non-hydrogen) atoms. The number of nitrogens with zero attached hydrogens (tertiary/aromatic N) is 1. The molecule has 1 aliphatic carbocycles. The third-order valence-electron chi connectivity index (χ3n) is 2.43. The third kappa shape index (κ3) is 2.36. The first-order valence-electron chi connectivity index (χ1n) is 4.73. The van der Waals surface area contributed by atoms with Gasteiger partial charge in [0.1, 0.15) is 6.10 Å². The van der Waals surface area contributed by atoms with E-state index in [1.165, 1.54) is 5.56 Å². The van der Waals surface area contributed by atoms with Gasteiger partial charge in [0.15, 0.2) is 0 Å². The number of aromatic nitrogens is 1. The van der Waals surface area contributed by atoms with Crippen LogP contribution >= 0.6 is 22.9 Å². The van der Waals surface area contributed by atoms with Crippen molar-refractivity contribution in [1.82, 2.24) is 8.51 Å². The molecule has 0 saturated heterocycles. The minimum Gasteiger partial charge on any atom is -0.474 e. The highest BCUT2D eigenvalue weighted by Crippen LogP contribution is 2.25. The Morgan fingerprint density at radius 1 is 1.57 bits per heavy atom. The molecule has 0 unspecified atom stereocenters. The molecule has 0 aromatic carbocycles. The summed E-state index contributed by atoms with van der Waals surface area (Å²) < 4.78 is 8.91. The Kier molecular flexibility index (Phi) is 3.22. The Hall–Kier alpha value is -0.360. The lowest BCUT2D eigenvalue weighted by Crippen LogP contribution is -2.43. The highest BCUT2D eigenvalue weighted by molar-refractivity contribution is 14.1. The van der Waals surface area contributed by atoms with E-state index in [2.05, 4.69) is 31.4 Å². The van der Waals surface area contributed by atoms with E-state index >= 15 is 0 Å². The smallest absolute Gasteiger partial charge is 0.213 e. The van der Waals surface area contributed by atoms with E-state index in [0.29, 0.717) is 12.1 Å². The fraction of sp³-hybridized carbons (Fsp3) is 0.500. The fourth-order valence-electron chi connectivity index (χ4n) is 1.49. The van der Waals surface area contributed by atoms with Gasteiger partial charge in [0.2, 0.25) is 5.88 Å². The maximum Gasteiger partial charge on any atom is 0.213 e. The van der Waals surface area contributed by atoms with E-state index in [1.807, 2.05) is 19.1 Å². The zero-order chi connectivity index (χ0) is 9.97. The number of halogens is 1. The van der Waals surface area contributed by atoms with Gasteiger partial charge in [-0.2, -0.15) is 0 Å². The van der Waals surface area contributed by atoms with Crippen molar-refractivity contribution in [2.24, 2.45) is 0 Å². The van der Waals surface area contributed by atoms with Gasteiger partial charge in [0.25, 0.3) is 0 Å². The molecule has 4 heteroatoms. The van der Waals surface area contributed by atoms with Gasteiger partial charge in [-0.25, -0.2) is 4.98 Å². The largest absolute Gasteiger partial charge is 0.474 e. The highest BCUT2D eigenvalue weighted by Gasteiger charge is 2.30. The topological polar surface area (TPSA) is 34.1 Å². The first-order chi connectivity index (χ1) is 6.78. The van der Waals surface area contributed by atoms with E-state index in [9.17, 15) is 0 Å². The number of ether oxygens (including phenoxy) is 1. The molecule has 76 valence electrons. The third-order valence-corrected chi connectivity index (χ3v) is 3.31. The van der Waals surface area contributed by atoms with Gasteiger partial charge in [-0.15, -0.1) is 0 Å². The van der Waals surface area contributed by atoms with Gasteiger partial charge in [-0.05, 0) is 18.6 Å². The summed E-state index contributed by atoms with van der Waals surface area (Å²) in [5.41, 5.74) is 1.19. The Labute approximate surface area is 97.8 Å². The second kappa shape index (κ2) is 4.44. The molecule has 0 aliphatic heterocycles. The molecule has 1 N–H and O–H groups in total. The molecule has 1 aliphatic rings. The SMILES string of the molecule is Cc1ccnc(OC2CC(NI)C2)c1. The Morgan fingerprint density at radius 2 is 2.36 bits per heavy atom. The molecule has 0 radical (unpaired) electrons. The van der Waals surface area contributed by atoms with Crippen molar-refractivity contribution in [2.75, 3.05) is 0 Å². The molecular weight excluding hydrogens is 291 g/mol. The lowest BCUT2D eigenvalue weighted by atomic mass is 9.90.